The Balaban J connectivity index is 2.08. The molecule has 0 spiro atoms. The molecule has 3 rings (SSSR count). The van der Waals surface area contributed by atoms with Crippen LogP contribution in [0.5, 0.6) is 0 Å². The van der Waals surface area contributed by atoms with Crippen LogP contribution in [0, 0.1) is 26.7 Å². The normalized spacial score (nSPS) is 12.6. The van der Waals surface area contributed by atoms with Gasteiger partial charge < -0.3 is 19.3 Å². The van der Waals surface area contributed by atoms with Crippen LogP contribution in [0.25, 0.3) is 21.9 Å². The molecule has 2 N–H and O–H groups in total. The van der Waals surface area contributed by atoms with Crippen molar-refractivity contribution in [3.63, 3.8) is 0 Å². The van der Waals surface area contributed by atoms with Gasteiger partial charge in [0.1, 0.15) is 17.2 Å². The van der Waals surface area contributed by atoms with Gasteiger partial charge in [-0.2, -0.15) is 0 Å². The summed E-state index contributed by atoms with van der Waals surface area (Å²) in [4.78, 5) is 36.2. The first kappa shape index (κ1) is 19.7. The van der Waals surface area contributed by atoms with E-state index in [-0.39, 0.29) is 17.9 Å². The van der Waals surface area contributed by atoms with Crippen LogP contribution in [-0.4, -0.2) is 23.0 Å². The molecule has 148 valence electrons. The molecule has 0 saturated heterocycles. The van der Waals surface area contributed by atoms with Crippen molar-refractivity contribution in [3.8, 4) is 0 Å². The molecule has 0 bridgehead atoms. The van der Waals surface area contributed by atoms with Crippen molar-refractivity contribution >= 4 is 33.8 Å². The summed E-state index contributed by atoms with van der Waals surface area (Å²) in [5, 5.41) is 13.3. The Bertz CT molecular complexity index is 1150. The molecule has 0 aliphatic carbocycles. The summed E-state index contributed by atoms with van der Waals surface area (Å²) in [6.45, 7) is 9.00. The third kappa shape index (κ3) is 3.28. The standard InChI is InChI=1S/C21H23NO6/c1-9(2)18(20(24)25)22-15(23)7-13-12(5)17-14(28-21(13)26)6-10(3)16-11(4)8-27-19(16)17/h6,8-9,18H,7H2,1-5H3,(H,22,23)(H,24,25)/t18-/m0/s1. The minimum atomic E-state index is -1.12. The Morgan fingerprint density at radius 3 is 2.43 bits per heavy atom. The number of hydrogen-bond donors (Lipinski definition) is 2. The first-order chi connectivity index (χ1) is 13.1. The van der Waals surface area contributed by atoms with Crippen LogP contribution >= 0.6 is 0 Å². The number of aliphatic carboxylic acids is 1. The number of carbonyl (C=O) groups is 2. The number of aryl methyl sites for hydroxylation is 3. The second-order valence-corrected chi connectivity index (χ2v) is 7.49. The molecule has 1 amide bonds. The lowest BCUT2D eigenvalue weighted by molar-refractivity contribution is -0.143. The molecular formula is C21H23NO6. The van der Waals surface area contributed by atoms with Crippen LogP contribution in [0.4, 0.5) is 0 Å². The molecule has 0 fully saturated rings. The zero-order valence-electron chi connectivity index (χ0n) is 16.5. The van der Waals surface area contributed by atoms with Gasteiger partial charge in [-0.05, 0) is 49.4 Å². The Labute approximate surface area is 161 Å². The maximum absolute atomic E-state index is 12.5. The summed E-state index contributed by atoms with van der Waals surface area (Å²) in [7, 11) is 0. The molecule has 7 nitrogen and oxygen atoms in total. The average molecular weight is 385 g/mol. The highest BCUT2D eigenvalue weighted by Gasteiger charge is 2.25. The molecule has 0 aliphatic heterocycles. The van der Waals surface area contributed by atoms with Gasteiger partial charge in [-0.3, -0.25) is 4.79 Å². The van der Waals surface area contributed by atoms with E-state index in [1.165, 1.54) is 0 Å². The van der Waals surface area contributed by atoms with Gasteiger partial charge in [-0.15, -0.1) is 0 Å². The number of carboxylic acids is 1. The van der Waals surface area contributed by atoms with Crippen molar-refractivity contribution in [1.29, 1.82) is 0 Å². The number of fused-ring (bicyclic) bond motifs is 3. The van der Waals surface area contributed by atoms with Gasteiger partial charge in [0.2, 0.25) is 5.91 Å². The maximum atomic E-state index is 12.5. The first-order valence-corrected chi connectivity index (χ1v) is 9.07. The highest BCUT2D eigenvalue weighted by Crippen LogP contribution is 2.34. The van der Waals surface area contributed by atoms with Gasteiger partial charge in [0.15, 0.2) is 0 Å². The van der Waals surface area contributed by atoms with E-state index in [1.54, 1.807) is 33.1 Å². The second-order valence-electron chi connectivity index (χ2n) is 7.49. The molecule has 0 unspecified atom stereocenters. The van der Waals surface area contributed by atoms with Gasteiger partial charge in [0.05, 0.1) is 23.6 Å². The number of benzene rings is 1. The lowest BCUT2D eigenvalue weighted by Gasteiger charge is -2.18. The lowest BCUT2D eigenvalue weighted by Crippen LogP contribution is -2.45. The molecular weight excluding hydrogens is 362 g/mol. The summed E-state index contributed by atoms with van der Waals surface area (Å²) < 4.78 is 11.2. The number of nitrogens with one attached hydrogen (secondary N) is 1. The molecule has 0 aliphatic rings. The summed E-state index contributed by atoms with van der Waals surface area (Å²) in [6, 6.07) is 0.764. The van der Waals surface area contributed by atoms with Crippen molar-refractivity contribution in [1.82, 2.24) is 5.32 Å². The van der Waals surface area contributed by atoms with E-state index in [4.69, 9.17) is 8.83 Å². The summed E-state index contributed by atoms with van der Waals surface area (Å²) in [5.41, 5.74) is 3.09. The zero-order chi connectivity index (χ0) is 20.7. The van der Waals surface area contributed by atoms with Crippen molar-refractivity contribution in [2.75, 3.05) is 0 Å². The Kier molecular flexibility index (Phi) is 5.02. The van der Waals surface area contributed by atoms with Crippen molar-refractivity contribution < 1.29 is 23.5 Å². The first-order valence-electron chi connectivity index (χ1n) is 9.07. The summed E-state index contributed by atoms with van der Waals surface area (Å²) in [5.74, 6) is -1.95. The zero-order valence-corrected chi connectivity index (χ0v) is 16.5. The topological polar surface area (TPSA) is 110 Å². The molecule has 2 aromatic heterocycles. The van der Waals surface area contributed by atoms with Gasteiger partial charge in [-0.25, -0.2) is 9.59 Å². The van der Waals surface area contributed by atoms with Crippen molar-refractivity contribution in [2.45, 2.75) is 47.1 Å². The molecule has 3 aromatic rings. The van der Waals surface area contributed by atoms with E-state index in [0.717, 1.165) is 16.5 Å². The van der Waals surface area contributed by atoms with Crippen LogP contribution < -0.4 is 10.9 Å². The number of furan rings is 1. The largest absolute Gasteiger partial charge is 0.480 e. The molecule has 1 aromatic carbocycles. The fourth-order valence-electron chi connectivity index (χ4n) is 3.58. The fraction of sp³-hybridized carbons (Fsp3) is 0.381. The SMILES string of the molecule is Cc1coc2c1c(C)cc1oc(=O)c(CC(=O)N[C@H](C(=O)O)C(C)C)c(C)c12. The molecule has 0 saturated carbocycles. The van der Waals surface area contributed by atoms with E-state index in [2.05, 4.69) is 5.32 Å². The molecule has 2 heterocycles. The smallest absolute Gasteiger partial charge is 0.340 e. The third-order valence-corrected chi connectivity index (χ3v) is 5.05. The minimum Gasteiger partial charge on any atom is -0.480 e. The molecule has 7 heteroatoms. The highest BCUT2D eigenvalue weighted by atomic mass is 16.4. The Morgan fingerprint density at radius 2 is 1.82 bits per heavy atom. The van der Waals surface area contributed by atoms with Gasteiger partial charge >= 0.3 is 11.6 Å². The van der Waals surface area contributed by atoms with E-state index in [9.17, 15) is 19.5 Å². The second kappa shape index (κ2) is 7.14. The number of rotatable bonds is 5. The van der Waals surface area contributed by atoms with Gasteiger partial charge in [-0.1, -0.05) is 13.8 Å². The highest BCUT2D eigenvalue weighted by molar-refractivity contribution is 6.07. The third-order valence-electron chi connectivity index (χ3n) is 5.05. The quantitative estimate of drug-likeness (QED) is 0.653. The predicted molar refractivity (Wildman–Crippen MR) is 105 cm³/mol. The summed E-state index contributed by atoms with van der Waals surface area (Å²) in [6.07, 6.45) is 1.38. The number of hydrogen-bond acceptors (Lipinski definition) is 5. The molecule has 1 atom stereocenters. The van der Waals surface area contributed by atoms with Crippen molar-refractivity contribution in [3.05, 3.63) is 45.0 Å². The molecule has 28 heavy (non-hydrogen) atoms. The Hall–Kier alpha value is -3.09. The fourth-order valence-corrected chi connectivity index (χ4v) is 3.58. The number of carbonyl (C=O) groups excluding carboxylic acids is 1. The minimum absolute atomic E-state index is 0.192. The van der Waals surface area contributed by atoms with Gasteiger partial charge in [0.25, 0.3) is 0 Å². The van der Waals surface area contributed by atoms with E-state index < -0.39 is 23.5 Å². The van der Waals surface area contributed by atoms with E-state index in [0.29, 0.717) is 22.1 Å². The number of amides is 1. The van der Waals surface area contributed by atoms with Crippen LogP contribution in [0.3, 0.4) is 0 Å². The summed E-state index contributed by atoms with van der Waals surface area (Å²) >= 11 is 0. The predicted octanol–water partition coefficient (Wildman–Crippen LogP) is 3.23. The van der Waals surface area contributed by atoms with Crippen LogP contribution in [0.2, 0.25) is 0 Å². The van der Waals surface area contributed by atoms with E-state index >= 15 is 0 Å². The van der Waals surface area contributed by atoms with E-state index in [1.807, 2.05) is 13.8 Å². The van der Waals surface area contributed by atoms with Crippen LogP contribution in [0.1, 0.15) is 36.1 Å². The van der Waals surface area contributed by atoms with Crippen molar-refractivity contribution in [2.24, 2.45) is 5.92 Å². The van der Waals surface area contributed by atoms with Gasteiger partial charge in [0, 0.05) is 5.39 Å². The van der Waals surface area contributed by atoms with Crippen LogP contribution in [-0.2, 0) is 16.0 Å². The van der Waals surface area contributed by atoms with Crippen LogP contribution in [0.15, 0.2) is 26.0 Å². The lowest BCUT2D eigenvalue weighted by atomic mass is 9.98. The number of carboxylic acid groups (broad SMARTS) is 1. The maximum Gasteiger partial charge on any atom is 0.340 e. The monoisotopic (exact) mass is 385 g/mol. The average Bonchev–Trinajstić information content (AvgIpc) is 2.98. The Morgan fingerprint density at radius 1 is 1.14 bits per heavy atom. The molecule has 0 radical (unpaired) electrons.